The van der Waals surface area contributed by atoms with Crippen LogP contribution in [0.3, 0.4) is 0 Å². The van der Waals surface area contributed by atoms with Crippen molar-refractivity contribution >= 4 is 33.0 Å². The molecule has 9 heteroatoms. The summed E-state index contributed by atoms with van der Waals surface area (Å²) < 4.78 is 60.8. The number of nitriles is 1. The van der Waals surface area contributed by atoms with Crippen LogP contribution in [0.15, 0.2) is 23.1 Å². The van der Waals surface area contributed by atoms with Crippen LogP contribution in [0.4, 0.5) is 13.2 Å². The average molecular weight is 318 g/mol. The molecule has 0 aliphatic rings. The summed E-state index contributed by atoms with van der Waals surface area (Å²) in [5.74, 6) is 0. The molecule has 18 heavy (non-hydrogen) atoms. The molecule has 0 radical (unpaired) electrons. The Balaban J connectivity index is 3.48. The van der Waals surface area contributed by atoms with Crippen LogP contribution in [-0.2, 0) is 9.84 Å². The van der Waals surface area contributed by atoms with Gasteiger partial charge in [-0.15, -0.1) is 0 Å². The van der Waals surface area contributed by atoms with Crippen LogP contribution in [0.1, 0.15) is 0 Å². The molecular formula is C9H4Cl2F3NO2S. The standard InChI is InChI=1S/C9H4Cl2F3NO2S/c10-5-1-2-6(11)7(3-5)18(16,17)8(4-15)9(12,13)14/h1-3,8H. The number of hydrogen-bond donors (Lipinski definition) is 0. The molecule has 0 heterocycles. The minimum atomic E-state index is -5.21. The fourth-order valence-electron chi connectivity index (χ4n) is 1.14. The molecule has 0 aliphatic carbocycles. The number of rotatable bonds is 2. The van der Waals surface area contributed by atoms with Gasteiger partial charge in [0.1, 0.15) is 0 Å². The number of halogens is 5. The second kappa shape index (κ2) is 4.96. The predicted octanol–water partition coefficient (Wildman–Crippen LogP) is 3.22. The van der Waals surface area contributed by atoms with Gasteiger partial charge in [-0.25, -0.2) is 8.42 Å². The lowest BCUT2D eigenvalue weighted by molar-refractivity contribution is -0.120. The van der Waals surface area contributed by atoms with Gasteiger partial charge in [-0.05, 0) is 18.2 Å². The van der Waals surface area contributed by atoms with E-state index in [-0.39, 0.29) is 5.02 Å². The van der Waals surface area contributed by atoms with Gasteiger partial charge in [0.05, 0.1) is 16.0 Å². The Bertz CT molecular complexity index is 607. The van der Waals surface area contributed by atoms with Crippen molar-refractivity contribution in [3.63, 3.8) is 0 Å². The molecule has 0 bridgehead atoms. The molecule has 1 rings (SSSR count). The van der Waals surface area contributed by atoms with Gasteiger partial charge in [0.2, 0.25) is 15.1 Å². The number of sulfone groups is 1. The molecule has 0 N–H and O–H groups in total. The monoisotopic (exact) mass is 317 g/mol. The summed E-state index contributed by atoms with van der Waals surface area (Å²) >= 11 is 11.0. The van der Waals surface area contributed by atoms with Crippen molar-refractivity contribution in [2.75, 3.05) is 0 Å². The summed E-state index contributed by atoms with van der Waals surface area (Å²) in [7, 11) is -4.96. The highest BCUT2D eigenvalue weighted by molar-refractivity contribution is 7.92. The molecule has 0 saturated heterocycles. The second-order valence-electron chi connectivity index (χ2n) is 3.17. The van der Waals surface area contributed by atoms with Crippen LogP contribution >= 0.6 is 23.2 Å². The maximum Gasteiger partial charge on any atom is 0.418 e. The van der Waals surface area contributed by atoms with Crippen LogP contribution in [0, 0.1) is 11.3 Å². The third-order valence-corrected chi connectivity index (χ3v) is 4.55. The molecule has 3 nitrogen and oxygen atoms in total. The first kappa shape index (κ1) is 15.1. The van der Waals surface area contributed by atoms with Crippen LogP contribution < -0.4 is 0 Å². The third kappa shape index (κ3) is 2.88. The van der Waals surface area contributed by atoms with E-state index in [1.807, 2.05) is 0 Å². The predicted molar refractivity (Wildman–Crippen MR) is 59.1 cm³/mol. The summed E-state index contributed by atoms with van der Waals surface area (Å²) in [4.78, 5) is -0.819. The largest absolute Gasteiger partial charge is 0.418 e. The van der Waals surface area contributed by atoms with E-state index in [4.69, 9.17) is 28.5 Å². The lowest BCUT2D eigenvalue weighted by atomic mass is 10.4. The van der Waals surface area contributed by atoms with Gasteiger partial charge in [0, 0.05) is 5.02 Å². The van der Waals surface area contributed by atoms with E-state index >= 15 is 0 Å². The first-order valence-electron chi connectivity index (χ1n) is 4.26. The van der Waals surface area contributed by atoms with Crippen molar-refractivity contribution in [2.24, 2.45) is 0 Å². The zero-order valence-electron chi connectivity index (χ0n) is 8.37. The van der Waals surface area contributed by atoms with E-state index in [0.717, 1.165) is 12.1 Å². The summed E-state index contributed by atoms with van der Waals surface area (Å²) in [5, 5.41) is 4.69. The van der Waals surface area contributed by atoms with Gasteiger partial charge in [-0.2, -0.15) is 18.4 Å². The summed E-state index contributed by atoms with van der Waals surface area (Å²) in [6.45, 7) is 0. The molecule has 0 spiro atoms. The van der Waals surface area contributed by atoms with Gasteiger partial charge in [0.25, 0.3) is 0 Å². The average Bonchev–Trinajstić information content (AvgIpc) is 2.19. The highest BCUT2D eigenvalue weighted by atomic mass is 35.5. The topological polar surface area (TPSA) is 57.9 Å². The quantitative estimate of drug-likeness (QED) is 0.841. The van der Waals surface area contributed by atoms with E-state index in [1.54, 1.807) is 0 Å². The van der Waals surface area contributed by atoms with Crippen molar-refractivity contribution in [1.29, 1.82) is 5.26 Å². The van der Waals surface area contributed by atoms with E-state index in [0.29, 0.717) is 6.07 Å². The molecule has 0 aromatic heterocycles. The fourth-order valence-corrected chi connectivity index (χ4v) is 3.19. The van der Waals surface area contributed by atoms with Crippen LogP contribution in [-0.4, -0.2) is 19.8 Å². The Morgan fingerprint density at radius 3 is 2.28 bits per heavy atom. The Labute approximate surface area is 111 Å². The Hall–Kier alpha value is -0.970. The number of alkyl halides is 3. The maximum absolute atomic E-state index is 12.5. The smallest absolute Gasteiger partial charge is 0.222 e. The SMILES string of the molecule is N#CC(C(F)(F)F)S(=O)(=O)c1cc(Cl)ccc1Cl. The molecule has 1 unspecified atom stereocenters. The number of hydrogen-bond acceptors (Lipinski definition) is 3. The first-order chi connectivity index (χ1) is 8.10. The molecule has 0 saturated carbocycles. The van der Waals surface area contributed by atoms with Crippen molar-refractivity contribution in [2.45, 2.75) is 16.3 Å². The molecule has 0 aliphatic heterocycles. The van der Waals surface area contributed by atoms with Crippen molar-refractivity contribution in [3.8, 4) is 6.07 Å². The molecule has 1 aromatic rings. The molecule has 98 valence electrons. The Kier molecular flexibility index (Phi) is 4.15. The first-order valence-corrected chi connectivity index (χ1v) is 6.56. The maximum atomic E-state index is 12.5. The van der Waals surface area contributed by atoms with Gasteiger partial charge >= 0.3 is 6.18 Å². The van der Waals surface area contributed by atoms with E-state index in [2.05, 4.69) is 0 Å². The summed E-state index contributed by atoms with van der Waals surface area (Å²) in [5.41, 5.74) is 0. The summed E-state index contributed by atoms with van der Waals surface area (Å²) in [6.07, 6.45) is -5.21. The highest BCUT2D eigenvalue weighted by Crippen LogP contribution is 2.34. The number of nitrogens with zero attached hydrogens (tertiary/aromatic N) is 1. The third-order valence-electron chi connectivity index (χ3n) is 1.92. The molecule has 0 amide bonds. The normalized spacial score (nSPS) is 14.0. The molecule has 0 fully saturated rings. The van der Waals surface area contributed by atoms with E-state index in [1.165, 1.54) is 6.07 Å². The second-order valence-corrected chi connectivity index (χ2v) is 6.02. The minimum Gasteiger partial charge on any atom is -0.222 e. The van der Waals surface area contributed by atoms with E-state index < -0.39 is 31.2 Å². The fraction of sp³-hybridized carbons (Fsp3) is 0.222. The molecule has 1 aromatic carbocycles. The van der Waals surface area contributed by atoms with Crippen LogP contribution in [0.2, 0.25) is 10.0 Å². The zero-order chi connectivity index (χ0) is 14.1. The molecule has 1 atom stereocenters. The van der Waals surface area contributed by atoms with Gasteiger partial charge < -0.3 is 0 Å². The molecular weight excluding hydrogens is 314 g/mol. The van der Waals surface area contributed by atoms with Crippen LogP contribution in [0.5, 0.6) is 0 Å². The van der Waals surface area contributed by atoms with Crippen molar-refractivity contribution in [1.82, 2.24) is 0 Å². The van der Waals surface area contributed by atoms with Crippen molar-refractivity contribution < 1.29 is 21.6 Å². The van der Waals surface area contributed by atoms with E-state index in [9.17, 15) is 21.6 Å². The highest BCUT2D eigenvalue weighted by Gasteiger charge is 2.50. The minimum absolute atomic E-state index is 0.100. The Morgan fingerprint density at radius 1 is 1.28 bits per heavy atom. The number of benzene rings is 1. The lowest BCUT2D eigenvalue weighted by Crippen LogP contribution is -2.35. The van der Waals surface area contributed by atoms with Gasteiger partial charge in [-0.3, -0.25) is 0 Å². The van der Waals surface area contributed by atoms with Gasteiger partial charge in [0.15, 0.2) is 0 Å². The Morgan fingerprint density at radius 2 is 1.83 bits per heavy atom. The van der Waals surface area contributed by atoms with Gasteiger partial charge in [-0.1, -0.05) is 23.2 Å². The lowest BCUT2D eigenvalue weighted by Gasteiger charge is -2.15. The van der Waals surface area contributed by atoms with Crippen molar-refractivity contribution in [3.05, 3.63) is 28.2 Å². The zero-order valence-corrected chi connectivity index (χ0v) is 10.7. The summed E-state index contributed by atoms with van der Waals surface area (Å²) in [6, 6.07) is 3.75. The van der Waals surface area contributed by atoms with Crippen LogP contribution in [0.25, 0.3) is 0 Å².